The van der Waals surface area contributed by atoms with Gasteiger partial charge >= 0.3 is 6.09 Å². The fraction of sp³-hybridized carbons (Fsp3) is 0.531. The summed E-state index contributed by atoms with van der Waals surface area (Å²) in [6, 6.07) is 15.7. The van der Waals surface area contributed by atoms with Crippen LogP contribution in [-0.2, 0) is 23.7 Å². The van der Waals surface area contributed by atoms with Crippen molar-refractivity contribution in [1.82, 2.24) is 45.2 Å². The summed E-state index contributed by atoms with van der Waals surface area (Å²) < 4.78 is 28.4. The van der Waals surface area contributed by atoms with Crippen molar-refractivity contribution in [2.75, 3.05) is 37.6 Å². The molecule has 4 aromatic heterocycles. The van der Waals surface area contributed by atoms with Gasteiger partial charge in [-0.2, -0.15) is 15.2 Å². The van der Waals surface area contributed by atoms with Gasteiger partial charge in [0.05, 0.1) is 64.4 Å². The van der Waals surface area contributed by atoms with E-state index in [4.69, 9.17) is 46.0 Å². The van der Waals surface area contributed by atoms with Crippen molar-refractivity contribution in [3.8, 4) is 22.5 Å². The summed E-state index contributed by atoms with van der Waals surface area (Å²) in [5, 5.41) is 38.1. The number of nitrogen functional groups attached to an aromatic ring is 2. The van der Waals surface area contributed by atoms with E-state index in [1.165, 1.54) is 0 Å². The van der Waals surface area contributed by atoms with Gasteiger partial charge in [0, 0.05) is 67.9 Å². The third kappa shape index (κ3) is 13.2. The number of aliphatic hydroxyl groups excluding tert-OH is 2. The van der Waals surface area contributed by atoms with Crippen LogP contribution in [-0.4, -0.2) is 137 Å². The molecule has 1 amide bonds. The number of aromatic nitrogens is 8. The van der Waals surface area contributed by atoms with E-state index in [0.29, 0.717) is 41.8 Å². The van der Waals surface area contributed by atoms with Crippen LogP contribution < -0.4 is 33.4 Å². The van der Waals surface area contributed by atoms with E-state index in [2.05, 4.69) is 45.9 Å². The fourth-order valence-corrected chi connectivity index (χ4v) is 9.50. The van der Waals surface area contributed by atoms with Crippen molar-refractivity contribution in [1.29, 1.82) is 0 Å². The number of hydrogen-bond donors (Lipinski definition) is 9. The molecule has 0 radical (unpaired) electrons. The number of carbonyl (C=O) groups excluding carboxylic acids is 1. The monoisotopic (exact) mass is 982 g/mol. The molecule has 22 nitrogen and oxygen atoms in total. The zero-order valence-electron chi connectivity index (χ0n) is 40.8. The minimum atomic E-state index is -0.472. The topological polar surface area (TPSA) is 327 Å². The first kappa shape index (κ1) is 51.1. The highest BCUT2D eigenvalue weighted by atomic mass is 16.6. The molecule has 6 heterocycles. The average molecular weight is 982 g/mol. The molecule has 0 bridgehead atoms. The Morgan fingerprint density at radius 1 is 0.831 bits per heavy atom. The first-order chi connectivity index (χ1) is 34.0. The number of alkyl carbamates (subject to hydrolysis) is 1. The Kier molecular flexibility index (Phi) is 16.1. The third-order valence-electron chi connectivity index (χ3n) is 13.0. The third-order valence-corrected chi connectivity index (χ3v) is 13.0. The molecule has 10 atom stereocenters. The van der Waals surface area contributed by atoms with Crippen molar-refractivity contribution >= 4 is 45.6 Å². The lowest BCUT2D eigenvalue weighted by atomic mass is 10.1. The number of fused-ring (bicyclic) bond motifs is 3. The lowest BCUT2D eigenvalue weighted by Crippen LogP contribution is -2.38. The van der Waals surface area contributed by atoms with E-state index in [9.17, 15) is 14.7 Å². The van der Waals surface area contributed by atoms with Crippen molar-refractivity contribution in [2.24, 2.45) is 5.73 Å². The van der Waals surface area contributed by atoms with E-state index in [-0.39, 0.29) is 66.2 Å². The first-order valence-electron chi connectivity index (χ1n) is 24.1. The Bertz CT molecular complexity index is 2770. The van der Waals surface area contributed by atoms with Gasteiger partial charge in [-0.15, -0.1) is 0 Å². The predicted molar refractivity (Wildman–Crippen MR) is 267 cm³/mol. The largest absolute Gasteiger partial charge is 0.444 e. The zero-order chi connectivity index (χ0) is 50.4. The van der Waals surface area contributed by atoms with Gasteiger partial charge in [-0.25, -0.2) is 19.4 Å². The van der Waals surface area contributed by atoms with Crippen molar-refractivity contribution in [2.45, 2.75) is 145 Å². The second-order valence-corrected chi connectivity index (χ2v) is 19.6. The summed E-state index contributed by atoms with van der Waals surface area (Å²) in [5.41, 5.74) is 21.5. The van der Waals surface area contributed by atoms with Crippen LogP contribution >= 0.6 is 0 Å². The molecule has 3 aliphatic carbocycles. The van der Waals surface area contributed by atoms with Crippen LogP contribution in [0.25, 0.3) is 44.3 Å². The number of nitrogens with one attached hydrogen (secondary N) is 4. The van der Waals surface area contributed by atoms with E-state index >= 15 is 0 Å². The van der Waals surface area contributed by atoms with Gasteiger partial charge in [-0.05, 0) is 115 Å². The first-order valence-corrected chi connectivity index (χ1v) is 24.1. The van der Waals surface area contributed by atoms with Crippen LogP contribution in [0.3, 0.4) is 0 Å². The number of nitrogens with zero attached hydrogens (tertiary/aromatic N) is 6. The molecule has 2 unspecified atom stereocenters. The Hall–Kier alpha value is -6.27. The molecule has 6 aromatic rings. The Morgan fingerprint density at radius 3 is 2.18 bits per heavy atom. The van der Waals surface area contributed by atoms with E-state index in [1.54, 1.807) is 32.7 Å². The molecular formula is C49H67N13O9. The van der Waals surface area contributed by atoms with Crippen molar-refractivity contribution < 1.29 is 38.7 Å². The number of carbonyl (C=O) groups is 1. The molecule has 2 aromatic carbocycles. The highest BCUT2D eigenvalue weighted by Crippen LogP contribution is 2.38. The number of amides is 1. The van der Waals surface area contributed by atoms with Crippen LogP contribution in [0.5, 0.6) is 0 Å². The summed E-state index contributed by atoms with van der Waals surface area (Å²) in [5.74, 6) is 0.995. The summed E-state index contributed by atoms with van der Waals surface area (Å²) in [4.78, 5) is 38.7. The summed E-state index contributed by atoms with van der Waals surface area (Å²) in [6.07, 6.45) is 10.7. The predicted octanol–water partition coefficient (Wildman–Crippen LogP) is 4.54. The number of anilines is 3. The molecule has 382 valence electrons. The molecule has 22 heteroatoms. The van der Waals surface area contributed by atoms with E-state index in [1.807, 2.05) is 67.9 Å². The minimum absolute atomic E-state index is 0.0278. The number of nitrogens with two attached hydrogens (primary N) is 3. The van der Waals surface area contributed by atoms with Gasteiger partial charge in [0.2, 0.25) is 11.9 Å². The summed E-state index contributed by atoms with van der Waals surface area (Å²) >= 11 is 0. The van der Waals surface area contributed by atoms with Crippen molar-refractivity contribution in [3.05, 3.63) is 71.3 Å². The number of rotatable bonds is 8. The standard InChI is InChI=1S/C17H20N6O2.C16H17N5O2.C10H17NO3.C6H13NO2/c1-25-15-8-10(7-14(15)24)20-16-11-3-2-9(12-4-5-19-23-12)6-13(11)21-17(18)22-16;17-16-19-12-9-10(4-5-11(12)15(22)20-16)13-6-7-18-21(13)14-3-1-2-8-23-14;1-10(2,3)14-9(12)11-6-4-7-8(5-6)13-7;1-9-6-3-4(7)2-5(6)8/h2-6,10,14-15,24H,7-8H2,1H3,(H,19,23)(H3,18,20,21,22);4-7,9,14H,1-3,8H2,(H3,17,19,20,22);6-8H,4-5H2,1-3H3,(H,11,12);4-6,8H,2-3,7H2,1H3/t10-,14+,15+;;6?,7-,8+;4-,5-,6-/m0..1/s1. The molecule has 5 aliphatic rings. The highest BCUT2D eigenvalue weighted by Gasteiger charge is 2.48. The molecule has 71 heavy (non-hydrogen) atoms. The summed E-state index contributed by atoms with van der Waals surface area (Å²) in [7, 11) is 3.22. The molecule has 12 N–H and O–H groups in total. The quantitative estimate of drug-likeness (QED) is 0.0945. The van der Waals surface area contributed by atoms with Crippen LogP contribution in [0.2, 0.25) is 0 Å². The van der Waals surface area contributed by atoms with Crippen LogP contribution in [0, 0.1) is 0 Å². The molecule has 3 saturated carbocycles. The lowest BCUT2D eigenvalue weighted by Gasteiger charge is -2.24. The maximum Gasteiger partial charge on any atom is 0.407 e. The fourth-order valence-electron chi connectivity index (χ4n) is 9.50. The van der Waals surface area contributed by atoms with Crippen LogP contribution in [0.15, 0.2) is 65.7 Å². The molecule has 0 spiro atoms. The zero-order valence-corrected chi connectivity index (χ0v) is 40.8. The van der Waals surface area contributed by atoms with Gasteiger partial charge in [0.25, 0.3) is 5.56 Å². The molecule has 2 saturated heterocycles. The minimum Gasteiger partial charge on any atom is -0.444 e. The van der Waals surface area contributed by atoms with Gasteiger partial charge in [-0.1, -0.05) is 12.1 Å². The summed E-state index contributed by atoms with van der Waals surface area (Å²) in [6.45, 7) is 6.35. The maximum atomic E-state index is 11.9. The number of ether oxygens (including phenoxy) is 5. The molecular weight excluding hydrogens is 915 g/mol. The van der Waals surface area contributed by atoms with Crippen molar-refractivity contribution in [3.63, 3.8) is 0 Å². The maximum absolute atomic E-state index is 11.9. The molecule has 5 fully saturated rings. The number of methoxy groups -OCH3 is 2. The molecule has 11 rings (SSSR count). The van der Waals surface area contributed by atoms with E-state index < -0.39 is 11.7 Å². The number of hydrogen-bond acceptors (Lipinski definition) is 18. The van der Waals surface area contributed by atoms with Gasteiger partial charge in [-0.3, -0.25) is 14.9 Å². The van der Waals surface area contributed by atoms with E-state index in [0.717, 1.165) is 85.0 Å². The smallest absolute Gasteiger partial charge is 0.407 e. The average Bonchev–Trinajstić information content (AvgIpc) is 3.99. The van der Waals surface area contributed by atoms with Crippen LogP contribution in [0.4, 0.5) is 22.5 Å². The van der Waals surface area contributed by atoms with Gasteiger partial charge < -0.3 is 61.7 Å². The number of epoxide rings is 1. The Balaban J connectivity index is 0.000000135. The van der Waals surface area contributed by atoms with Gasteiger partial charge in [0.15, 0.2) is 6.23 Å². The lowest BCUT2D eigenvalue weighted by molar-refractivity contribution is -0.0383. The Morgan fingerprint density at radius 2 is 1.54 bits per heavy atom. The number of aromatic amines is 2. The van der Waals surface area contributed by atoms with Crippen LogP contribution in [0.1, 0.15) is 84.8 Å². The molecule has 2 aliphatic heterocycles. The SMILES string of the molecule is CC(C)(C)OC(=O)NC1C[C@@H]2O[C@@H]2C1.CO[C@@H]1C[C@@H](Nc2nc(N)nc3cc(-c4ccn[nH]4)ccc23)C[C@H]1O.CO[C@@H]1C[C@H](N)C[C@H]1O.Nc1nc2cc(-c3ccnn3C3CCCCO3)ccc2c(=O)[nH]1. The Labute approximate surface area is 410 Å². The second kappa shape index (κ2) is 22.4. The number of aliphatic hydroxyl groups is 2. The number of benzene rings is 2. The number of H-pyrrole nitrogens is 2. The van der Waals surface area contributed by atoms with Gasteiger partial charge in [0.1, 0.15) is 11.4 Å². The highest BCUT2D eigenvalue weighted by molar-refractivity contribution is 5.92. The normalized spacial score (nSPS) is 26.5. The second-order valence-electron chi connectivity index (χ2n) is 19.6.